The summed E-state index contributed by atoms with van der Waals surface area (Å²) in [6.45, 7) is -0.650. The molecule has 7 nitrogen and oxygen atoms in total. The molecule has 2 aromatic rings. The number of amides is 1. The Morgan fingerprint density at radius 3 is 2.36 bits per heavy atom. The number of halogens is 3. The molecule has 25 heavy (non-hydrogen) atoms. The maximum atomic E-state index is 13.5. The summed E-state index contributed by atoms with van der Waals surface area (Å²) in [6.07, 6.45) is 0. The van der Waals surface area contributed by atoms with Crippen LogP contribution in [-0.2, 0) is 9.53 Å². The van der Waals surface area contributed by atoms with Gasteiger partial charge in [-0.2, -0.15) is 0 Å². The van der Waals surface area contributed by atoms with E-state index < -0.39 is 29.2 Å². The van der Waals surface area contributed by atoms with E-state index in [0.717, 1.165) is 6.07 Å². The molecule has 130 valence electrons. The number of carbonyl (C=O) groups is 2. The zero-order chi connectivity index (χ0) is 18.6. The monoisotopic (exact) mass is 474 g/mol. The van der Waals surface area contributed by atoms with Gasteiger partial charge in [-0.05, 0) is 44.0 Å². The van der Waals surface area contributed by atoms with Crippen molar-refractivity contribution in [3.8, 4) is 0 Å². The van der Waals surface area contributed by atoms with Gasteiger partial charge in [0.1, 0.15) is 5.82 Å². The van der Waals surface area contributed by atoms with Crippen LogP contribution in [0.4, 0.5) is 15.8 Å². The zero-order valence-corrected chi connectivity index (χ0v) is 15.5. The first-order valence-corrected chi connectivity index (χ1v) is 8.23. The first-order valence-electron chi connectivity index (χ1n) is 6.64. The van der Waals surface area contributed by atoms with E-state index in [1.807, 2.05) is 0 Å². The third-order valence-corrected chi connectivity index (χ3v) is 4.18. The fourth-order valence-electron chi connectivity index (χ4n) is 1.80. The van der Waals surface area contributed by atoms with Crippen LogP contribution in [-0.4, -0.2) is 23.4 Å². The highest BCUT2D eigenvalue weighted by Crippen LogP contribution is 2.35. The molecule has 2 aromatic carbocycles. The van der Waals surface area contributed by atoms with Crippen molar-refractivity contribution >= 4 is 55.1 Å². The molecule has 0 atom stereocenters. The van der Waals surface area contributed by atoms with Crippen LogP contribution in [0.15, 0.2) is 45.3 Å². The third kappa shape index (κ3) is 4.83. The lowest BCUT2D eigenvalue weighted by atomic mass is 10.2. The molecular weight excluding hydrogens is 467 g/mol. The number of nitrogens with one attached hydrogen (secondary N) is 1. The van der Waals surface area contributed by atoms with E-state index in [9.17, 15) is 24.1 Å². The van der Waals surface area contributed by atoms with E-state index in [0.29, 0.717) is 0 Å². The quantitative estimate of drug-likeness (QED) is 0.399. The van der Waals surface area contributed by atoms with Crippen LogP contribution >= 0.6 is 31.9 Å². The molecule has 2 rings (SSSR count). The number of carbonyl (C=O) groups excluding carboxylic acids is 2. The Labute approximate surface area is 157 Å². The van der Waals surface area contributed by atoms with Crippen molar-refractivity contribution in [2.24, 2.45) is 0 Å². The first kappa shape index (κ1) is 19.0. The van der Waals surface area contributed by atoms with Crippen LogP contribution in [0, 0.1) is 15.9 Å². The minimum absolute atomic E-state index is 0.178. The van der Waals surface area contributed by atoms with E-state index >= 15 is 0 Å². The number of anilines is 1. The number of benzene rings is 2. The molecule has 1 amide bonds. The van der Waals surface area contributed by atoms with Crippen molar-refractivity contribution in [3.63, 3.8) is 0 Å². The minimum atomic E-state index is -0.977. The highest BCUT2D eigenvalue weighted by Gasteiger charge is 2.18. The molecule has 0 fully saturated rings. The molecule has 0 saturated carbocycles. The van der Waals surface area contributed by atoms with Gasteiger partial charge in [0, 0.05) is 21.1 Å². The SMILES string of the molecule is O=C(COC(=O)c1ccccc1F)Nc1c(Br)cc([N+](=O)[O-])cc1Br. The van der Waals surface area contributed by atoms with Crippen LogP contribution < -0.4 is 5.32 Å². The fourth-order valence-corrected chi connectivity index (χ4v) is 3.16. The summed E-state index contributed by atoms with van der Waals surface area (Å²) in [4.78, 5) is 33.8. The molecule has 10 heteroatoms. The number of nitro benzene ring substituents is 1. The largest absolute Gasteiger partial charge is 0.452 e. The van der Waals surface area contributed by atoms with Gasteiger partial charge in [0.25, 0.3) is 11.6 Å². The Morgan fingerprint density at radius 1 is 1.20 bits per heavy atom. The van der Waals surface area contributed by atoms with Crippen LogP contribution in [0.1, 0.15) is 10.4 Å². The van der Waals surface area contributed by atoms with E-state index in [1.54, 1.807) is 0 Å². The standard InChI is InChI=1S/C15H9Br2FN2O5/c16-10-5-8(20(23)24)6-11(17)14(10)19-13(21)7-25-15(22)9-3-1-2-4-12(9)18/h1-6H,7H2,(H,19,21). The predicted octanol–water partition coefficient (Wildman–Crippen LogP) is 4.05. The molecule has 1 N–H and O–H groups in total. The van der Waals surface area contributed by atoms with Gasteiger partial charge >= 0.3 is 5.97 Å². The number of hydrogen-bond acceptors (Lipinski definition) is 5. The number of non-ortho nitro benzene ring substituents is 1. The van der Waals surface area contributed by atoms with E-state index in [-0.39, 0.29) is 25.9 Å². The van der Waals surface area contributed by atoms with Crippen molar-refractivity contribution in [2.75, 3.05) is 11.9 Å². The summed E-state index contributed by atoms with van der Waals surface area (Å²) < 4.78 is 18.7. The van der Waals surface area contributed by atoms with Crippen LogP contribution in [0.2, 0.25) is 0 Å². The van der Waals surface area contributed by atoms with Gasteiger partial charge in [-0.25, -0.2) is 9.18 Å². The fraction of sp³-hybridized carbons (Fsp3) is 0.0667. The molecule has 0 saturated heterocycles. The van der Waals surface area contributed by atoms with Crippen LogP contribution in [0.3, 0.4) is 0 Å². The van der Waals surface area contributed by atoms with Crippen molar-refractivity contribution < 1.29 is 23.6 Å². The first-order chi connectivity index (χ1) is 11.8. The summed E-state index contributed by atoms with van der Waals surface area (Å²) in [5, 5.41) is 13.2. The van der Waals surface area contributed by atoms with E-state index in [4.69, 9.17) is 4.74 Å². The van der Waals surface area contributed by atoms with Gasteiger partial charge in [0.2, 0.25) is 0 Å². The molecule has 0 spiro atoms. The Bertz CT molecular complexity index is 837. The highest BCUT2D eigenvalue weighted by molar-refractivity contribution is 9.11. The molecule has 0 aliphatic carbocycles. The van der Waals surface area contributed by atoms with E-state index in [1.165, 1.54) is 30.3 Å². The number of esters is 1. The lowest BCUT2D eigenvalue weighted by Crippen LogP contribution is -2.21. The molecule has 0 bridgehead atoms. The molecular formula is C15H9Br2FN2O5. The highest BCUT2D eigenvalue weighted by atomic mass is 79.9. The zero-order valence-electron chi connectivity index (χ0n) is 12.3. The van der Waals surface area contributed by atoms with Crippen LogP contribution in [0.25, 0.3) is 0 Å². The summed E-state index contributed by atoms with van der Waals surface area (Å²) in [5.41, 5.74) is -0.228. The summed E-state index contributed by atoms with van der Waals surface area (Å²) in [7, 11) is 0. The molecule has 0 unspecified atom stereocenters. The Hall–Kier alpha value is -2.33. The van der Waals surface area contributed by atoms with Crippen molar-refractivity contribution in [3.05, 3.63) is 66.8 Å². The summed E-state index contributed by atoms with van der Waals surface area (Å²) in [5.74, 6) is -2.43. The summed E-state index contributed by atoms with van der Waals surface area (Å²) >= 11 is 6.23. The Morgan fingerprint density at radius 2 is 1.80 bits per heavy atom. The van der Waals surface area contributed by atoms with Gasteiger partial charge in [-0.15, -0.1) is 0 Å². The normalized spacial score (nSPS) is 10.2. The molecule has 0 aliphatic rings. The number of rotatable bonds is 5. The molecule has 0 heterocycles. The van der Waals surface area contributed by atoms with Gasteiger partial charge in [-0.3, -0.25) is 14.9 Å². The topological polar surface area (TPSA) is 98.5 Å². The van der Waals surface area contributed by atoms with Crippen molar-refractivity contribution in [1.29, 1.82) is 0 Å². The van der Waals surface area contributed by atoms with Crippen molar-refractivity contribution in [2.45, 2.75) is 0 Å². The number of nitrogens with zero attached hydrogens (tertiary/aromatic N) is 1. The maximum absolute atomic E-state index is 13.5. The van der Waals surface area contributed by atoms with Gasteiger partial charge in [-0.1, -0.05) is 12.1 Å². The minimum Gasteiger partial charge on any atom is -0.452 e. The number of hydrogen-bond donors (Lipinski definition) is 1. The van der Waals surface area contributed by atoms with Gasteiger partial charge < -0.3 is 10.1 Å². The summed E-state index contributed by atoms with van der Waals surface area (Å²) in [6, 6.07) is 7.64. The van der Waals surface area contributed by atoms with Crippen molar-refractivity contribution in [1.82, 2.24) is 0 Å². The lowest BCUT2D eigenvalue weighted by Gasteiger charge is -2.10. The lowest BCUT2D eigenvalue weighted by molar-refractivity contribution is -0.385. The second-order valence-electron chi connectivity index (χ2n) is 4.65. The molecule has 0 aromatic heterocycles. The average molecular weight is 476 g/mol. The predicted molar refractivity (Wildman–Crippen MR) is 93.8 cm³/mol. The van der Waals surface area contributed by atoms with Crippen LogP contribution in [0.5, 0.6) is 0 Å². The Kier molecular flexibility index (Phi) is 6.21. The smallest absolute Gasteiger partial charge is 0.341 e. The average Bonchev–Trinajstić information content (AvgIpc) is 2.56. The second-order valence-corrected chi connectivity index (χ2v) is 6.35. The van der Waals surface area contributed by atoms with Gasteiger partial charge in [0.05, 0.1) is 16.2 Å². The number of ether oxygens (including phenoxy) is 1. The third-order valence-electron chi connectivity index (χ3n) is 2.93. The Balaban J connectivity index is 2.03. The molecule has 0 radical (unpaired) electrons. The maximum Gasteiger partial charge on any atom is 0.341 e. The van der Waals surface area contributed by atoms with Gasteiger partial charge in [0.15, 0.2) is 6.61 Å². The van der Waals surface area contributed by atoms with E-state index in [2.05, 4.69) is 37.2 Å². The molecule has 0 aliphatic heterocycles. The number of nitro groups is 1. The second kappa shape index (κ2) is 8.17.